The van der Waals surface area contributed by atoms with Gasteiger partial charge in [0, 0.05) is 5.39 Å². The van der Waals surface area contributed by atoms with Crippen molar-refractivity contribution in [3.05, 3.63) is 94.0 Å². The number of carboxylic acids is 1. The average molecular weight is 572 g/mol. The number of benzene rings is 4. The number of sulfonamides is 1. The summed E-state index contributed by atoms with van der Waals surface area (Å²) >= 11 is 0. The van der Waals surface area contributed by atoms with Gasteiger partial charge in [0.1, 0.15) is 0 Å². The summed E-state index contributed by atoms with van der Waals surface area (Å²) < 4.78 is 31.2. The van der Waals surface area contributed by atoms with Crippen LogP contribution in [-0.4, -0.2) is 19.5 Å². The van der Waals surface area contributed by atoms with Gasteiger partial charge in [0.15, 0.2) is 0 Å². The van der Waals surface area contributed by atoms with Crippen LogP contribution in [0.2, 0.25) is 0 Å². The normalized spacial score (nSPS) is 11.6. The molecule has 0 spiro atoms. The van der Waals surface area contributed by atoms with Crippen molar-refractivity contribution in [2.45, 2.75) is 84.5 Å². The van der Waals surface area contributed by atoms with Gasteiger partial charge in [0.05, 0.1) is 16.1 Å². The first-order valence-corrected chi connectivity index (χ1v) is 16.0. The van der Waals surface area contributed by atoms with E-state index in [-0.39, 0.29) is 5.56 Å². The Bertz CT molecular complexity index is 1660. The minimum absolute atomic E-state index is 0.217. The number of carboxylic acid groups (broad SMARTS) is 1. The molecule has 0 aliphatic rings. The van der Waals surface area contributed by atoms with Crippen molar-refractivity contribution in [2.75, 3.05) is 4.72 Å². The van der Waals surface area contributed by atoms with Gasteiger partial charge in [-0.2, -0.15) is 0 Å². The third kappa shape index (κ3) is 6.65. The molecule has 5 nitrogen and oxygen atoms in total. The van der Waals surface area contributed by atoms with Gasteiger partial charge in [0.25, 0.3) is 10.0 Å². The second-order valence-corrected chi connectivity index (χ2v) is 12.7. The van der Waals surface area contributed by atoms with Crippen molar-refractivity contribution < 1.29 is 18.3 Å². The van der Waals surface area contributed by atoms with Crippen LogP contribution in [0, 0.1) is 27.7 Å². The van der Waals surface area contributed by atoms with E-state index in [2.05, 4.69) is 17.7 Å². The molecule has 0 atom stereocenters. The second-order valence-electron chi connectivity index (χ2n) is 11.1. The van der Waals surface area contributed by atoms with E-state index in [1.165, 1.54) is 19.3 Å². The highest BCUT2D eigenvalue weighted by molar-refractivity contribution is 7.92. The SMILES string of the molecule is CCCCCCCCc1cc(-c2cccc(C(=O)O)c2)c2ccccc2c1NS(=O)(=O)c1c(C)c(C)cc(C)c1C. The van der Waals surface area contributed by atoms with E-state index in [1.807, 2.05) is 64.1 Å². The highest BCUT2D eigenvalue weighted by Crippen LogP contribution is 2.39. The van der Waals surface area contributed by atoms with Crippen molar-refractivity contribution in [3.63, 3.8) is 0 Å². The van der Waals surface area contributed by atoms with Crippen molar-refractivity contribution in [1.29, 1.82) is 0 Å². The van der Waals surface area contributed by atoms with Gasteiger partial charge in [0.2, 0.25) is 0 Å². The van der Waals surface area contributed by atoms with Crippen molar-refractivity contribution in [1.82, 2.24) is 0 Å². The van der Waals surface area contributed by atoms with E-state index in [1.54, 1.807) is 18.2 Å². The van der Waals surface area contributed by atoms with Crippen LogP contribution in [0.3, 0.4) is 0 Å². The summed E-state index contributed by atoms with van der Waals surface area (Å²) in [7, 11) is -3.90. The first kappa shape index (κ1) is 30.3. The smallest absolute Gasteiger partial charge is 0.335 e. The summed E-state index contributed by atoms with van der Waals surface area (Å²) in [5.41, 5.74) is 6.82. The molecular formula is C35H41NO4S. The Kier molecular flexibility index (Phi) is 9.54. The van der Waals surface area contributed by atoms with Crippen LogP contribution in [0.1, 0.15) is 83.6 Å². The maximum Gasteiger partial charge on any atom is 0.335 e. The highest BCUT2D eigenvalue weighted by Gasteiger charge is 2.25. The van der Waals surface area contributed by atoms with E-state index in [4.69, 9.17) is 0 Å². The minimum atomic E-state index is -3.90. The van der Waals surface area contributed by atoms with Gasteiger partial charge in [-0.05, 0) is 103 Å². The highest BCUT2D eigenvalue weighted by atomic mass is 32.2. The summed E-state index contributed by atoms with van der Waals surface area (Å²) in [6, 6.07) is 18.8. The summed E-state index contributed by atoms with van der Waals surface area (Å²) in [6.45, 7) is 9.82. The fraction of sp³-hybridized carbons (Fsp3) is 0.343. The molecule has 0 radical (unpaired) electrons. The van der Waals surface area contributed by atoms with Crippen LogP contribution in [0.15, 0.2) is 65.6 Å². The molecule has 4 aromatic carbocycles. The molecule has 41 heavy (non-hydrogen) atoms. The van der Waals surface area contributed by atoms with Gasteiger partial charge in [-0.3, -0.25) is 4.72 Å². The summed E-state index contributed by atoms with van der Waals surface area (Å²) in [5.74, 6) is -0.980. The lowest BCUT2D eigenvalue weighted by Crippen LogP contribution is -2.18. The minimum Gasteiger partial charge on any atom is -0.478 e. The Morgan fingerprint density at radius 1 is 0.780 bits per heavy atom. The lowest BCUT2D eigenvalue weighted by molar-refractivity contribution is 0.0697. The maximum atomic E-state index is 14.1. The van der Waals surface area contributed by atoms with E-state index in [0.29, 0.717) is 17.0 Å². The Labute approximate surface area is 244 Å². The number of aromatic carboxylic acids is 1. The van der Waals surface area contributed by atoms with Gasteiger partial charge in [-0.25, -0.2) is 13.2 Å². The van der Waals surface area contributed by atoms with Crippen LogP contribution in [0.4, 0.5) is 5.69 Å². The monoisotopic (exact) mass is 571 g/mol. The molecule has 0 heterocycles. The van der Waals surface area contributed by atoms with E-state index in [9.17, 15) is 18.3 Å². The second kappa shape index (κ2) is 12.9. The molecule has 0 aromatic heterocycles. The molecule has 0 fully saturated rings. The average Bonchev–Trinajstić information content (AvgIpc) is 2.94. The fourth-order valence-electron chi connectivity index (χ4n) is 5.67. The molecule has 0 amide bonds. The molecule has 216 valence electrons. The molecule has 0 unspecified atom stereocenters. The molecular weight excluding hydrogens is 530 g/mol. The zero-order valence-corrected chi connectivity index (χ0v) is 25.6. The number of fused-ring (bicyclic) bond motifs is 1. The number of nitrogens with one attached hydrogen (secondary N) is 1. The fourth-order valence-corrected chi connectivity index (χ4v) is 7.41. The van der Waals surface area contributed by atoms with Crippen LogP contribution in [0.25, 0.3) is 21.9 Å². The Morgan fingerprint density at radius 2 is 1.41 bits per heavy atom. The molecule has 2 N–H and O–H groups in total. The van der Waals surface area contributed by atoms with E-state index < -0.39 is 16.0 Å². The molecule has 0 saturated heterocycles. The number of aryl methyl sites for hydroxylation is 3. The van der Waals surface area contributed by atoms with Crippen LogP contribution in [-0.2, 0) is 16.4 Å². The maximum absolute atomic E-state index is 14.1. The quantitative estimate of drug-likeness (QED) is 0.166. The van der Waals surface area contributed by atoms with Crippen molar-refractivity contribution >= 4 is 32.5 Å². The van der Waals surface area contributed by atoms with E-state index in [0.717, 1.165) is 69.0 Å². The Balaban J connectivity index is 1.88. The largest absolute Gasteiger partial charge is 0.478 e. The Hall–Kier alpha value is -3.64. The first-order valence-electron chi connectivity index (χ1n) is 14.5. The van der Waals surface area contributed by atoms with Gasteiger partial charge in [-0.1, -0.05) is 81.5 Å². The molecule has 0 saturated carbocycles. The predicted octanol–water partition coefficient (Wildman–Crippen LogP) is 9.14. The van der Waals surface area contributed by atoms with Crippen LogP contribution in [0.5, 0.6) is 0 Å². The van der Waals surface area contributed by atoms with Crippen molar-refractivity contribution in [3.8, 4) is 11.1 Å². The van der Waals surface area contributed by atoms with Gasteiger partial charge >= 0.3 is 5.97 Å². The van der Waals surface area contributed by atoms with Gasteiger partial charge in [-0.15, -0.1) is 0 Å². The molecule has 0 aliphatic carbocycles. The van der Waals surface area contributed by atoms with Crippen molar-refractivity contribution in [2.24, 2.45) is 0 Å². The third-order valence-electron chi connectivity index (χ3n) is 8.15. The number of hydrogen-bond donors (Lipinski definition) is 2. The lowest BCUT2D eigenvalue weighted by atomic mass is 9.91. The van der Waals surface area contributed by atoms with E-state index >= 15 is 0 Å². The van der Waals surface area contributed by atoms with Crippen LogP contribution < -0.4 is 4.72 Å². The molecule has 6 heteroatoms. The third-order valence-corrected chi connectivity index (χ3v) is 9.77. The number of carbonyl (C=O) groups is 1. The zero-order chi connectivity index (χ0) is 29.7. The standard InChI is InChI=1S/C35H41NO4S/c1-6-7-8-9-10-11-15-28-22-32(27-16-14-17-29(21-27)35(37)38)30-18-12-13-19-31(30)33(28)36-41(39,40)34-25(4)23(2)20-24(3)26(34)5/h12-14,16-22,36H,6-11,15H2,1-5H3,(H,37,38). The molecule has 0 bridgehead atoms. The summed E-state index contributed by atoms with van der Waals surface area (Å²) in [5, 5.41) is 11.3. The first-order chi connectivity index (χ1) is 19.5. The summed E-state index contributed by atoms with van der Waals surface area (Å²) in [4.78, 5) is 12.1. The van der Waals surface area contributed by atoms with Crippen LogP contribution >= 0.6 is 0 Å². The number of unbranched alkanes of at least 4 members (excludes halogenated alkanes) is 5. The number of rotatable bonds is 12. The summed E-state index contributed by atoms with van der Waals surface area (Å²) in [6.07, 6.45) is 7.48. The number of anilines is 1. The molecule has 4 rings (SSSR count). The van der Waals surface area contributed by atoms with Gasteiger partial charge < -0.3 is 5.11 Å². The predicted molar refractivity (Wildman–Crippen MR) is 170 cm³/mol. The molecule has 0 aliphatic heterocycles. The Morgan fingerprint density at radius 3 is 2.07 bits per heavy atom. The zero-order valence-electron chi connectivity index (χ0n) is 24.8. The molecule has 4 aromatic rings. The topological polar surface area (TPSA) is 83.5 Å². The number of hydrogen-bond acceptors (Lipinski definition) is 3. The lowest BCUT2D eigenvalue weighted by Gasteiger charge is -2.21.